The molecule has 1 rings (SSSR count). The van der Waals surface area contributed by atoms with Crippen LogP contribution in [0.1, 0.15) is 13.3 Å². The smallest absolute Gasteiger partial charge is 0.237 e. The number of carbonyl (C=O) groups excluding carboxylic acids is 1. The van der Waals surface area contributed by atoms with Crippen molar-refractivity contribution in [3.8, 4) is 0 Å². The lowest BCUT2D eigenvalue weighted by atomic mass is 9.99. The van der Waals surface area contributed by atoms with Crippen molar-refractivity contribution in [3.63, 3.8) is 0 Å². The zero-order valence-corrected chi connectivity index (χ0v) is 10.3. The summed E-state index contributed by atoms with van der Waals surface area (Å²) >= 11 is 3.08. The molecule has 0 aliphatic carbocycles. The average molecular weight is 246 g/mol. The molecule has 1 aromatic rings. The minimum absolute atomic E-state index is 0.331. The first-order valence-electron chi connectivity index (χ1n) is 4.46. The lowest BCUT2D eigenvalue weighted by Gasteiger charge is -2.24. The lowest BCUT2D eigenvalue weighted by Crippen LogP contribution is -2.51. The molecule has 1 atom stereocenters. The molecule has 1 amide bonds. The van der Waals surface area contributed by atoms with Gasteiger partial charge in [-0.3, -0.25) is 4.79 Å². The van der Waals surface area contributed by atoms with Crippen LogP contribution in [0.5, 0.6) is 0 Å². The Kier molecular flexibility index (Phi) is 4.49. The number of hydrogen-bond donors (Lipinski definition) is 2. The monoisotopic (exact) mass is 246 g/mol. The Balaban J connectivity index is 2.38. The van der Waals surface area contributed by atoms with E-state index < -0.39 is 5.54 Å². The third kappa shape index (κ3) is 3.44. The molecule has 1 unspecified atom stereocenters. The molecule has 0 radical (unpaired) electrons. The van der Waals surface area contributed by atoms with Gasteiger partial charge < -0.3 is 11.1 Å². The van der Waals surface area contributed by atoms with Gasteiger partial charge in [-0.1, -0.05) is 23.1 Å². The van der Waals surface area contributed by atoms with Crippen LogP contribution in [0, 0.1) is 0 Å². The third-order valence-corrected chi connectivity index (χ3v) is 4.13. The van der Waals surface area contributed by atoms with E-state index in [1.807, 2.05) is 0 Å². The van der Waals surface area contributed by atoms with Gasteiger partial charge in [0.05, 0.1) is 5.54 Å². The Morgan fingerprint density at radius 1 is 1.80 bits per heavy atom. The van der Waals surface area contributed by atoms with Gasteiger partial charge in [0.25, 0.3) is 0 Å². The van der Waals surface area contributed by atoms with Crippen molar-refractivity contribution in [2.24, 2.45) is 5.73 Å². The van der Waals surface area contributed by atoms with Gasteiger partial charge >= 0.3 is 0 Å². The normalized spacial score (nSPS) is 14.8. The highest BCUT2D eigenvalue weighted by molar-refractivity contribution is 8.00. The summed E-state index contributed by atoms with van der Waals surface area (Å²) < 4.78 is 0.915. The highest BCUT2D eigenvalue weighted by Gasteiger charge is 2.28. The summed E-state index contributed by atoms with van der Waals surface area (Å²) in [4.78, 5) is 11.2. The molecule has 84 valence electrons. The van der Waals surface area contributed by atoms with Crippen molar-refractivity contribution in [2.75, 3.05) is 12.8 Å². The van der Waals surface area contributed by atoms with E-state index in [1.165, 1.54) is 11.3 Å². The topological polar surface area (TPSA) is 80.9 Å². The van der Waals surface area contributed by atoms with Crippen LogP contribution in [-0.2, 0) is 4.79 Å². The molecule has 0 aliphatic rings. The van der Waals surface area contributed by atoms with E-state index in [2.05, 4.69) is 15.5 Å². The molecule has 1 aromatic heterocycles. The minimum atomic E-state index is -0.641. The lowest BCUT2D eigenvalue weighted by molar-refractivity contribution is -0.123. The van der Waals surface area contributed by atoms with E-state index in [0.29, 0.717) is 6.42 Å². The summed E-state index contributed by atoms with van der Waals surface area (Å²) in [5.74, 6) is 0.456. The zero-order valence-electron chi connectivity index (χ0n) is 8.69. The van der Waals surface area contributed by atoms with E-state index >= 15 is 0 Å². The fraction of sp³-hybridized carbons (Fsp3) is 0.625. The van der Waals surface area contributed by atoms with E-state index in [0.717, 1.165) is 10.1 Å². The number of thioether (sulfide) groups is 1. The van der Waals surface area contributed by atoms with Crippen LogP contribution in [0.2, 0.25) is 0 Å². The van der Waals surface area contributed by atoms with Gasteiger partial charge in [0, 0.05) is 5.75 Å². The van der Waals surface area contributed by atoms with Crippen LogP contribution >= 0.6 is 23.1 Å². The van der Waals surface area contributed by atoms with Gasteiger partial charge in [-0.05, 0) is 20.4 Å². The fourth-order valence-corrected chi connectivity index (χ4v) is 2.66. The van der Waals surface area contributed by atoms with Gasteiger partial charge in [0.1, 0.15) is 5.51 Å². The first-order valence-corrected chi connectivity index (χ1v) is 6.33. The van der Waals surface area contributed by atoms with Crippen molar-refractivity contribution in [3.05, 3.63) is 5.51 Å². The quantitative estimate of drug-likeness (QED) is 0.714. The molecule has 3 N–H and O–H groups in total. The van der Waals surface area contributed by atoms with Crippen LogP contribution < -0.4 is 11.1 Å². The summed E-state index contributed by atoms with van der Waals surface area (Å²) in [6.07, 6.45) is 0.670. The highest BCUT2D eigenvalue weighted by Crippen LogP contribution is 2.22. The first-order chi connectivity index (χ1) is 7.08. The number of hydrogen-bond acceptors (Lipinski definition) is 6. The second kappa shape index (κ2) is 5.43. The summed E-state index contributed by atoms with van der Waals surface area (Å²) in [5, 5.41) is 10.6. The Labute approximate surface area is 96.8 Å². The van der Waals surface area contributed by atoms with E-state index in [4.69, 9.17) is 5.73 Å². The summed E-state index contributed by atoms with van der Waals surface area (Å²) in [6.45, 7) is 1.80. The number of rotatable bonds is 6. The van der Waals surface area contributed by atoms with Crippen molar-refractivity contribution in [1.82, 2.24) is 15.5 Å². The Hall–Kier alpha value is -0.660. The SMILES string of the molecule is CNC(C)(CCSc1nncs1)C(N)=O. The average Bonchev–Trinajstić information content (AvgIpc) is 2.70. The second-order valence-corrected chi connectivity index (χ2v) is 5.42. The molecule has 0 spiro atoms. The molecule has 0 fully saturated rings. The van der Waals surface area contributed by atoms with Crippen LogP contribution in [0.3, 0.4) is 0 Å². The molecular weight excluding hydrogens is 232 g/mol. The van der Waals surface area contributed by atoms with Gasteiger partial charge in [-0.15, -0.1) is 10.2 Å². The number of likely N-dealkylation sites (N-methyl/N-ethyl adjacent to an activating group) is 1. The second-order valence-electron chi connectivity index (χ2n) is 3.25. The molecule has 5 nitrogen and oxygen atoms in total. The van der Waals surface area contributed by atoms with Gasteiger partial charge in [-0.25, -0.2) is 0 Å². The fourth-order valence-electron chi connectivity index (χ4n) is 0.940. The van der Waals surface area contributed by atoms with Crippen molar-refractivity contribution in [2.45, 2.75) is 23.2 Å². The maximum Gasteiger partial charge on any atom is 0.237 e. The molecular formula is C8H14N4OS2. The maximum absolute atomic E-state index is 11.2. The van der Waals surface area contributed by atoms with Gasteiger partial charge in [0.15, 0.2) is 4.34 Å². The molecule has 15 heavy (non-hydrogen) atoms. The van der Waals surface area contributed by atoms with Crippen LogP contribution in [0.25, 0.3) is 0 Å². The number of amides is 1. The third-order valence-electron chi connectivity index (χ3n) is 2.26. The summed E-state index contributed by atoms with van der Waals surface area (Å²) in [5.41, 5.74) is 6.35. The predicted molar refractivity (Wildman–Crippen MR) is 61.9 cm³/mol. The first kappa shape index (κ1) is 12.4. The van der Waals surface area contributed by atoms with Crippen molar-refractivity contribution < 1.29 is 4.79 Å². The van der Waals surface area contributed by atoms with E-state index in [1.54, 1.807) is 31.2 Å². The van der Waals surface area contributed by atoms with E-state index in [9.17, 15) is 4.79 Å². The number of nitrogens with zero attached hydrogens (tertiary/aromatic N) is 2. The van der Waals surface area contributed by atoms with Crippen molar-refractivity contribution >= 4 is 29.0 Å². The van der Waals surface area contributed by atoms with E-state index in [-0.39, 0.29) is 5.91 Å². The number of primary amides is 1. The van der Waals surface area contributed by atoms with Crippen LogP contribution in [0.4, 0.5) is 0 Å². The molecule has 0 aliphatic heterocycles. The molecule has 7 heteroatoms. The Bertz CT molecular complexity index is 316. The minimum Gasteiger partial charge on any atom is -0.368 e. The largest absolute Gasteiger partial charge is 0.368 e. The molecule has 0 aromatic carbocycles. The number of carbonyl (C=O) groups is 1. The molecule has 0 saturated heterocycles. The van der Waals surface area contributed by atoms with Crippen molar-refractivity contribution in [1.29, 1.82) is 0 Å². The van der Waals surface area contributed by atoms with Crippen LogP contribution in [-0.4, -0.2) is 34.4 Å². The molecule has 0 saturated carbocycles. The standard InChI is InChI=1S/C8H14N4OS2/c1-8(10-2,6(9)13)3-4-14-7-12-11-5-15-7/h5,10H,3-4H2,1-2H3,(H2,9,13). The Morgan fingerprint density at radius 3 is 3.00 bits per heavy atom. The Morgan fingerprint density at radius 2 is 2.53 bits per heavy atom. The van der Waals surface area contributed by atoms with Gasteiger partial charge in [0.2, 0.25) is 5.91 Å². The summed E-state index contributed by atoms with van der Waals surface area (Å²) in [7, 11) is 1.74. The number of aromatic nitrogens is 2. The van der Waals surface area contributed by atoms with Crippen LogP contribution in [0.15, 0.2) is 9.85 Å². The predicted octanol–water partition coefficient (Wildman–Crippen LogP) is 0.484. The molecule has 0 bridgehead atoms. The number of nitrogens with two attached hydrogens (primary N) is 1. The highest BCUT2D eigenvalue weighted by atomic mass is 32.2. The number of nitrogens with one attached hydrogen (secondary N) is 1. The molecule has 1 heterocycles. The zero-order chi connectivity index (χ0) is 11.3. The maximum atomic E-state index is 11.2. The van der Waals surface area contributed by atoms with Gasteiger partial charge in [-0.2, -0.15) is 0 Å². The summed E-state index contributed by atoms with van der Waals surface area (Å²) in [6, 6.07) is 0.